The highest BCUT2D eigenvalue weighted by atomic mass is 16.1. The van der Waals surface area contributed by atoms with Gasteiger partial charge in [0.2, 0.25) is 5.95 Å². The number of piperidine rings is 1. The third-order valence-electron chi connectivity index (χ3n) is 7.64. The number of carbonyl (C=O) groups excluding carboxylic acids is 1. The van der Waals surface area contributed by atoms with Crippen molar-refractivity contribution >= 4 is 34.1 Å². The van der Waals surface area contributed by atoms with E-state index in [2.05, 4.69) is 34.8 Å². The van der Waals surface area contributed by atoms with Gasteiger partial charge < -0.3 is 10.2 Å². The summed E-state index contributed by atoms with van der Waals surface area (Å²) < 4.78 is 3.40. The molecule has 1 atom stereocenters. The molecule has 0 amide bonds. The van der Waals surface area contributed by atoms with Crippen LogP contribution in [0.2, 0.25) is 0 Å². The highest BCUT2D eigenvalue weighted by molar-refractivity contribution is 5.81. The Morgan fingerprint density at radius 1 is 1.05 bits per heavy atom. The molecule has 4 heterocycles. The molecule has 3 aromatic heterocycles. The first-order valence-corrected chi connectivity index (χ1v) is 13.3. The molecule has 0 saturated carbocycles. The van der Waals surface area contributed by atoms with Crippen molar-refractivity contribution in [2.24, 2.45) is 0 Å². The summed E-state index contributed by atoms with van der Waals surface area (Å²) in [5, 5.41) is 3.70. The lowest BCUT2D eigenvalue weighted by Crippen LogP contribution is -2.33. The average molecular weight is 510 g/mol. The number of aryl methyl sites for hydroxylation is 1. The van der Waals surface area contributed by atoms with Crippen LogP contribution in [0, 0.1) is 0 Å². The van der Waals surface area contributed by atoms with E-state index < -0.39 is 0 Å². The molecule has 2 aliphatic rings. The van der Waals surface area contributed by atoms with Gasteiger partial charge in [-0.25, -0.2) is 19.3 Å². The SMILES string of the molecule is C=CCn1c(=O)c2cnc(Nc3ccc(N4CCC(=O)CC4)cc3)nc2n1-c1ccc2c(n1)C(CC)CC2. The van der Waals surface area contributed by atoms with Crippen molar-refractivity contribution in [2.45, 2.75) is 51.5 Å². The molecular formula is C29H31N7O2. The number of Topliss-reactive ketones (excluding diaryl/α,β-unsaturated/α-hetero) is 1. The number of ketones is 1. The maximum atomic E-state index is 13.3. The van der Waals surface area contributed by atoms with Crippen LogP contribution in [-0.4, -0.2) is 43.2 Å². The summed E-state index contributed by atoms with van der Waals surface area (Å²) in [4.78, 5) is 41.3. The van der Waals surface area contributed by atoms with E-state index in [9.17, 15) is 9.59 Å². The Hall–Kier alpha value is -4.27. The lowest BCUT2D eigenvalue weighted by Gasteiger charge is -2.28. The van der Waals surface area contributed by atoms with Gasteiger partial charge in [0.15, 0.2) is 11.5 Å². The van der Waals surface area contributed by atoms with Gasteiger partial charge in [0.1, 0.15) is 11.2 Å². The van der Waals surface area contributed by atoms with Crippen LogP contribution in [0.15, 0.2) is 60.0 Å². The van der Waals surface area contributed by atoms with Crippen molar-refractivity contribution in [3.8, 4) is 5.82 Å². The number of nitrogens with one attached hydrogen (secondary N) is 1. The molecule has 1 saturated heterocycles. The Kier molecular flexibility index (Phi) is 6.27. The molecule has 38 heavy (non-hydrogen) atoms. The minimum Gasteiger partial charge on any atom is -0.371 e. The summed E-state index contributed by atoms with van der Waals surface area (Å²) in [6, 6.07) is 12.1. The molecule has 1 aliphatic carbocycles. The second-order valence-electron chi connectivity index (χ2n) is 9.97. The second-order valence-corrected chi connectivity index (χ2v) is 9.97. The van der Waals surface area contributed by atoms with Crippen molar-refractivity contribution in [1.29, 1.82) is 0 Å². The highest BCUT2D eigenvalue weighted by Crippen LogP contribution is 2.34. The van der Waals surface area contributed by atoms with Gasteiger partial charge >= 0.3 is 0 Å². The monoisotopic (exact) mass is 509 g/mol. The van der Waals surface area contributed by atoms with Crippen LogP contribution in [0.3, 0.4) is 0 Å². The molecule has 1 unspecified atom stereocenters. The number of benzene rings is 1. The Bertz CT molecular complexity index is 1580. The fraction of sp³-hybridized carbons (Fsp3) is 0.345. The van der Waals surface area contributed by atoms with Crippen molar-refractivity contribution < 1.29 is 4.79 Å². The summed E-state index contributed by atoms with van der Waals surface area (Å²) in [5.74, 6) is 1.83. The second kappa shape index (κ2) is 9.89. The normalized spacial score (nSPS) is 17.1. The van der Waals surface area contributed by atoms with Crippen LogP contribution in [-0.2, 0) is 17.8 Å². The molecule has 0 bridgehead atoms. The largest absolute Gasteiger partial charge is 0.371 e. The number of aromatic nitrogens is 5. The third-order valence-corrected chi connectivity index (χ3v) is 7.64. The highest BCUT2D eigenvalue weighted by Gasteiger charge is 2.25. The summed E-state index contributed by atoms with van der Waals surface area (Å²) in [5.41, 5.74) is 4.65. The molecule has 4 aromatic rings. The van der Waals surface area contributed by atoms with Crippen molar-refractivity contribution in [1.82, 2.24) is 24.3 Å². The molecule has 1 N–H and O–H groups in total. The van der Waals surface area contributed by atoms with Crippen molar-refractivity contribution in [3.05, 3.63) is 76.9 Å². The zero-order valence-electron chi connectivity index (χ0n) is 21.6. The smallest absolute Gasteiger partial charge is 0.278 e. The molecule has 0 spiro atoms. The number of hydrogen-bond donors (Lipinski definition) is 1. The van der Waals surface area contributed by atoms with Gasteiger partial charge in [0, 0.05) is 55.1 Å². The molecule has 1 aliphatic heterocycles. The van der Waals surface area contributed by atoms with E-state index in [1.807, 2.05) is 30.3 Å². The van der Waals surface area contributed by atoms with Crippen LogP contribution in [0.5, 0.6) is 0 Å². The molecule has 0 radical (unpaired) electrons. The number of hydrogen-bond acceptors (Lipinski definition) is 7. The van der Waals surface area contributed by atoms with E-state index in [4.69, 9.17) is 9.97 Å². The molecule has 194 valence electrons. The number of fused-ring (bicyclic) bond motifs is 2. The zero-order chi connectivity index (χ0) is 26.2. The van der Waals surface area contributed by atoms with Crippen LogP contribution in [0.25, 0.3) is 16.9 Å². The van der Waals surface area contributed by atoms with Gasteiger partial charge in [0.05, 0.1) is 6.54 Å². The number of nitrogens with zero attached hydrogens (tertiary/aromatic N) is 6. The van der Waals surface area contributed by atoms with E-state index in [-0.39, 0.29) is 5.56 Å². The quantitative estimate of drug-likeness (QED) is 0.366. The minimum absolute atomic E-state index is 0.176. The van der Waals surface area contributed by atoms with Gasteiger partial charge in [-0.3, -0.25) is 9.59 Å². The van der Waals surface area contributed by atoms with E-state index in [0.717, 1.165) is 49.4 Å². The molecule has 1 aromatic carbocycles. The fourth-order valence-corrected chi connectivity index (χ4v) is 5.55. The fourth-order valence-electron chi connectivity index (χ4n) is 5.55. The predicted octanol–water partition coefficient (Wildman–Crippen LogP) is 4.52. The van der Waals surface area contributed by atoms with Crippen molar-refractivity contribution in [2.75, 3.05) is 23.3 Å². The first-order chi connectivity index (χ1) is 18.6. The summed E-state index contributed by atoms with van der Waals surface area (Å²) in [7, 11) is 0. The van der Waals surface area contributed by atoms with Crippen LogP contribution in [0.4, 0.5) is 17.3 Å². The van der Waals surface area contributed by atoms with Crippen LogP contribution >= 0.6 is 0 Å². The average Bonchev–Trinajstić information content (AvgIpc) is 3.47. The minimum atomic E-state index is -0.176. The first kappa shape index (κ1) is 24.1. The van der Waals surface area contributed by atoms with Gasteiger partial charge in [0.25, 0.3) is 5.56 Å². The molecular weight excluding hydrogens is 478 g/mol. The lowest BCUT2D eigenvalue weighted by atomic mass is 10.0. The Morgan fingerprint density at radius 2 is 1.84 bits per heavy atom. The first-order valence-electron chi connectivity index (χ1n) is 13.3. The van der Waals surface area contributed by atoms with Crippen molar-refractivity contribution in [3.63, 3.8) is 0 Å². The third kappa shape index (κ3) is 4.27. The number of rotatable bonds is 7. The Morgan fingerprint density at radius 3 is 2.58 bits per heavy atom. The maximum absolute atomic E-state index is 13.3. The lowest BCUT2D eigenvalue weighted by molar-refractivity contribution is -0.119. The van der Waals surface area contributed by atoms with Gasteiger partial charge in [-0.2, -0.15) is 4.98 Å². The molecule has 6 rings (SSSR count). The molecule has 9 heteroatoms. The predicted molar refractivity (Wildman–Crippen MR) is 149 cm³/mol. The van der Waals surface area contributed by atoms with Crippen LogP contribution < -0.4 is 15.8 Å². The Balaban J connectivity index is 1.35. The van der Waals surface area contributed by atoms with Gasteiger partial charge in [-0.1, -0.05) is 19.1 Å². The van der Waals surface area contributed by atoms with Gasteiger partial charge in [-0.15, -0.1) is 6.58 Å². The van der Waals surface area contributed by atoms with E-state index >= 15 is 0 Å². The number of anilines is 3. The van der Waals surface area contributed by atoms with E-state index in [1.54, 1.807) is 21.6 Å². The van der Waals surface area contributed by atoms with E-state index in [1.165, 1.54) is 5.56 Å². The number of carbonyl (C=O) groups is 1. The Labute approximate surface area is 220 Å². The molecule has 9 nitrogen and oxygen atoms in total. The van der Waals surface area contributed by atoms with Crippen LogP contribution in [0.1, 0.15) is 49.8 Å². The summed E-state index contributed by atoms with van der Waals surface area (Å²) in [6.07, 6.45) is 7.66. The van der Waals surface area contributed by atoms with E-state index in [0.29, 0.717) is 53.9 Å². The summed E-state index contributed by atoms with van der Waals surface area (Å²) in [6.45, 7) is 7.87. The van der Waals surface area contributed by atoms with Gasteiger partial charge in [-0.05, 0) is 55.2 Å². The zero-order valence-corrected chi connectivity index (χ0v) is 21.6. The number of allylic oxidation sites excluding steroid dienone is 1. The standard InChI is InChI=1S/C29H31N7O2/c1-3-15-35-28(38)24-18-30-29(31-21-8-10-22(11-9-21)34-16-13-23(37)14-17-34)33-27(24)36(35)25-12-7-20-6-5-19(4-2)26(20)32-25/h3,7-12,18-19H,1,4-6,13-17H2,2H3,(H,30,31,33). The topological polar surface area (TPSA) is 97.9 Å². The number of pyridine rings is 1. The maximum Gasteiger partial charge on any atom is 0.278 e. The molecule has 1 fully saturated rings. The summed E-state index contributed by atoms with van der Waals surface area (Å²) >= 11 is 0.